The zero-order valence-corrected chi connectivity index (χ0v) is 17.4. The van der Waals surface area contributed by atoms with Crippen molar-refractivity contribution >= 4 is 34.0 Å². The molecule has 0 atom stereocenters. The Hall–Kier alpha value is -2.90. The molecule has 0 aliphatic carbocycles. The van der Waals surface area contributed by atoms with Gasteiger partial charge in [0.15, 0.2) is 0 Å². The normalized spacial score (nSPS) is 10.9. The second-order valence-corrected chi connectivity index (χ2v) is 7.89. The summed E-state index contributed by atoms with van der Waals surface area (Å²) in [5.41, 5.74) is 1.10. The van der Waals surface area contributed by atoms with Crippen LogP contribution in [0.3, 0.4) is 0 Å². The van der Waals surface area contributed by atoms with Crippen LogP contribution in [0.15, 0.2) is 53.9 Å². The van der Waals surface area contributed by atoms with E-state index >= 15 is 0 Å². The number of imide groups is 1. The van der Waals surface area contributed by atoms with Gasteiger partial charge in [0.1, 0.15) is 5.75 Å². The van der Waals surface area contributed by atoms with Crippen molar-refractivity contribution in [1.82, 2.24) is 15.5 Å². The third kappa shape index (κ3) is 6.30. The van der Waals surface area contributed by atoms with Gasteiger partial charge in [-0.15, -0.1) is 11.3 Å². The van der Waals surface area contributed by atoms with Crippen molar-refractivity contribution in [2.24, 2.45) is 0 Å². The molecule has 0 bridgehead atoms. The van der Waals surface area contributed by atoms with E-state index in [4.69, 9.17) is 4.74 Å². The van der Waals surface area contributed by atoms with Gasteiger partial charge in [-0.3, -0.25) is 15.0 Å². The number of urea groups is 1. The summed E-state index contributed by atoms with van der Waals surface area (Å²) >= 11 is 1.65. The van der Waals surface area contributed by atoms with Gasteiger partial charge in [-0.05, 0) is 59.4 Å². The van der Waals surface area contributed by atoms with Crippen LogP contribution in [0, 0.1) is 0 Å². The first-order chi connectivity index (χ1) is 14.0. The van der Waals surface area contributed by atoms with Gasteiger partial charge in [-0.25, -0.2) is 4.79 Å². The quantitative estimate of drug-likeness (QED) is 0.596. The van der Waals surface area contributed by atoms with E-state index < -0.39 is 6.03 Å². The Labute approximate surface area is 174 Å². The van der Waals surface area contributed by atoms with Crippen molar-refractivity contribution in [1.29, 1.82) is 0 Å². The number of ether oxygens (including phenoxy) is 1. The van der Waals surface area contributed by atoms with Crippen molar-refractivity contribution < 1.29 is 14.3 Å². The maximum Gasteiger partial charge on any atom is 0.321 e. The molecule has 2 N–H and O–H groups in total. The average molecular weight is 412 g/mol. The number of thiophene rings is 1. The molecular formula is C22H25N3O3S. The number of rotatable bonds is 8. The van der Waals surface area contributed by atoms with E-state index in [0.29, 0.717) is 13.1 Å². The summed E-state index contributed by atoms with van der Waals surface area (Å²) < 4.78 is 5.25. The van der Waals surface area contributed by atoms with Crippen LogP contribution in [0.2, 0.25) is 0 Å². The summed E-state index contributed by atoms with van der Waals surface area (Å²) in [6.45, 7) is 1.24. The lowest BCUT2D eigenvalue weighted by atomic mass is 10.1. The van der Waals surface area contributed by atoms with Crippen LogP contribution < -0.4 is 15.4 Å². The topological polar surface area (TPSA) is 70.7 Å². The maximum atomic E-state index is 12.1. The highest BCUT2D eigenvalue weighted by atomic mass is 32.1. The van der Waals surface area contributed by atoms with Crippen molar-refractivity contribution in [2.75, 3.05) is 27.2 Å². The number of amides is 3. The summed E-state index contributed by atoms with van der Waals surface area (Å²) in [5, 5.41) is 9.31. The van der Waals surface area contributed by atoms with Crippen LogP contribution in [0.5, 0.6) is 5.75 Å². The molecule has 3 amide bonds. The number of nitrogens with one attached hydrogen (secondary N) is 2. The Morgan fingerprint density at radius 2 is 1.90 bits per heavy atom. The van der Waals surface area contributed by atoms with Gasteiger partial charge in [0.05, 0.1) is 13.7 Å². The first-order valence-corrected chi connectivity index (χ1v) is 10.3. The van der Waals surface area contributed by atoms with Gasteiger partial charge in [-0.2, -0.15) is 0 Å². The standard InChI is InChI=1S/C22H25N3O3S/c1-25(14-16-5-6-18-13-19(28-2)8-7-17(18)12-16)15-21(26)24-22(27)23-10-9-20-4-3-11-29-20/h3-8,11-13H,9-10,14-15H2,1-2H3,(H2,23,24,26,27). The van der Waals surface area contributed by atoms with Gasteiger partial charge in [0.2, 0.25) is 5.91 Å². The second kappa shape index (κ2) is 10.0. The fourth-order valence-corrected chi connectivity index (χ4v) is 3.78. The molecular weight excluding hydrogens is 386 g/mol. The van der Waals surface area contributed by atoms with Crippen LogP contribution in [0.25, 0.3) is 10.8 Å². The minimum Gasteiger partial charge on any atom is -0.497 e. The van der Waals surface area contributed by atoms with Crippen LogP contribution in [-0.2, 0) is 17.8 Å². The molecule has 0 saturated carbocycles. The number of methoxy groups -OCH3 is 1. The summed E-state index contributed by atoms with van der Waals surface area (Å²) in [4.78, 5) is 27.0. The van der Waals surface area contributed by atoms with Crippen molar-refractivity contribution in [3.05, 3.63) is 64.4 Å². The largest absolute Gasteiger partial charge is 0.497 e. The first-order valence-electron chi connectivity index (χ1n) is 9.39. The molecule has 0 radical (unpaired) electrons. The molecule has 1 aromatic heterocycles. The monoisotopic (exact) mass is 411 g/mol. The molecule has 0 aliphatic rings. The summed E-state index contributed by atoms with van der Waals surface area (Å²) in [6.07, 6.45) is 0.757. The van der Waals surface area contributed by atoms with Gasteiger partial charge in [0.25, 0.3) is 0 Å². The minimum atomic E-state index is -0.459. The van der Waals surface area contributed by atoms with Crippen LogP contribution in [0.4, 0.5) is 4.79 Å². The maximum absolute atomic E-state index is 12.1. The van der Waals surface area contributed by atoms with E-state index in [-0.39, 0.29) is 12.5 Å². The van der Waals surface area contributed by atoms with Crippen molar-refractivity contribution in [3.8, 4) is 5.75 Å². The lowest BCUT2D eigenvalue weighted by Crippen LogP contribution is -2.44. The second-order valence-electron chi connectivity index (χ2n) is 6.85. The number of fused-ring (bicyclic) bond motifs is 1. The zero-order chi connectivity index (χ0) is 20.6. The average Bonchev–Trinajstić information content (AvgIpc) is 3.20. The fraction of sp³-hybridized carbons (Fsp3) is 0.273. The predicted octanol–water partition coefficient (Wildman–Crippen LogP) is 3.41. The first kappa shape index (κ1) is 20.8. The Morgan fingerprint density at radius 3 is 2.66 bits per heavy atom. The van der Waals surface area contributed by atoms with Crippen LogP contribution >= 0.6 is 11.3 Å². The summed E-state index contributed by atoms with van der Waals surface area (Å²) in [6, 6.07) is 15.7. The number of carbonyl (C=O) groups is 2. The highest BCUT2D eigenvalue weighted by Gasteiger charge is 2.11. The summed E-state index contributed by atoms with van der Waals surface area (Å²) in [7, 11) is 3.51. The van der Waals surface area contributed by atoms with Gasteiger partial charge in [0, 0.05) is 18.0 Å². The number of nitrogens with zero attached hydrogens (tertiary/aromatic N) is 1. The third-order valence-electron chi connectivity index (χ3n) is 4.47. The molecule has 0 spiro atoms. The molecule has 6 nitrogen and oxygen atoms in total. The van der Waals surface area contributed by atoms with Crippen molar-refractivity contribution in [2.45, 2.75) is 13.0 Å². The molecule has 0 aliphatic heterocycles. The Kier molecular flexibility index (Phi) is 7.21. The molecule has 0 unspecified atom stereocenters. The number of benzene rings is 2. The van der Waals surface area contributed by atoms with Gasteiger partial charge >= 0.3 is 6.03 Å². The van der Waals surface area contributed by atoms with E-state index in [1.165, 1.54) is 4.88 Å². The molecule has 3 rings (SSSR count). The van der Waals surface area contributed by atoms with Gasteiger partial charge < -0.3 is 10.1 Å². The molecule has 0 fully saturated rings. The molecule has 3 aromatic rings. The molecule has 7 heteroatoms. The van der Waals surface area contributed by atoms with E-state index in [1.54, 1.807) is 18.4 Å². The molecule has 1 heterocycles. The minimum absolute atomic E-state index is 0.138. The SMILES string of the molecule is COc1ccc2cc(CN(C)CC(=O)NC(=O)NCCc3cccs3)ccc2c1. The molecule has 29 heavy (non-hydrogen) atoms. The number of likely N-dealkylation sites (N-methyl/N-ethyl adjacent to an activating group) is 1. The van der Waals surface area contributed by atoms with Crippen LogP contribution in [0.1, 0.15) is 10.4 Å². The number of hydrogen-bond donors (Lipinski definition) is 2. The van der Waals surface area contributed by atoms with Crippen LogP contribution in [-0.4, -0.2) is 44.1 Å². The zero-order valence-electron chi connectivity index (χ0n) is 16.6. The van der Waals surface area contributed by atoms with E-state index in [2.05, 4.69) is 16.7 Å². The van der Waals surface area contributed by atoms with E-state index in [0.717, 1.165) is 28.5 Å². The fourth-order valence-electron chi connectivity index (χ4n) is 3.08. The molecule has 2 aromatic carbocycles. The summed E-state index contributed by atoms with van der Waals surface area (Å²) in [5.74, 6) is 0.499. The van der Waals surface area contributed by atoms with E-state index in [1.807, 2.05) is 59.8 Å². The number of hydrogen-bond acceptors (Lipinski definition) is 5. The Balaban J connectivity index is 1.44. The number of carbonyl (C=O) groups excluding carboxylic acids is 2. The van der Waals surface area contributed by atoms with Gasteiger partial charge in [-0.1, -0.05) is 24.3 Å². The smallest absolute Gasteiger partial charge is 0.321 e. The Bertz CT molecular complexity index is 973. The third-order valence-corrected chi connectivity index (χ3v) is 5.40. The lowest BCUT2D eigenvalue weighted by Gasteiger charge is -2.16. The van der Waals surface area contributed by atoms with E-state index in [9.17, 15) is 9.59 Å². The lowest BCUT2D eigenvalue weighted by molar-refractivity contribution is -0.120. The molecule has 152 valence electrons. The predicted molar refractivity (Wildman–Crippen MR) is 116 cm³/mol. The highest BCUT2D eigenvalue weighted by molar-refractivity contribution is 7.09. The van der Waals surface area contributed by atoms with Crippen molar-refractivity contribution in [3.63, 3.8) is 0 Å². The highest BCUT2D eigenvalue weighted by Crippen LogP contribution is 2.22. The Morgan fingerprint density at radius 1 is 1.10 bits per heavy atom. The molecule has 0 saturated heterocycles.